The van der Waals surface area contributed by atoms with E-state index in [1.54, 1.807) is 18.2 Å². The Morgan fingerprint density at radius 2 is 1.16 bits per heavy atom. The molecule has 1 aliphatic rings. The SMILES string of the molecule is CCCCCCCCCCCCOc1ccc(C(=O)Oc2ccc(OCCC[C@H]3CC[C@H](CCCCC)CC3)cc2)cc1F. The van der Waals surface area contributed by atoms with Crippen molar-refractivity contribution in [3.8, 4) is 17.2 Å². The number of halogens is 1. The molecule has 5 heteroatoms. The average molecular weight is 611 g/mol. The van der Waals surface area contributed by atoms with E-state index in [4.69, 9.17) is 14.2 Å². The molecule has 2 aromatic rings. The summed E-state index contributed by atoms with van der Waals surface area (Å²) in [7, 11) is 0. The summed E-state index contributed by atoms with van der Waals surface area (Å²) in [6.07, 6.45) is 25.8. The monoisotopic (exact) mass is 610 g/mol. The van der Waals surface area contributed by atoms with Crippen LogP contribution >= 0.6 is 0 Å². The molecule has 1 aliphatic carbocycles. The van der Waals surface area contributed by atoms with Gasteiger partial charge < -0.3 is 14.2 Å². The molecule has 0 spiro atoms. The Morgan fingerprint density at radius 1 is 0.636 bits per heavy atom. The molecular formula is C39H59FO4. The maximum Gasteiger partial charge on any atom is 0.343 e. The lowest BCUT2D eigenvalue weighted by Gasteiger charge is -2.28. The Labute approximate surface area is 267 Å². The minimum atomic E-state index is -0.598. The predicted molar refractivity (Wildman–Crippen MR) is 179 cm³/mol. The highest BCUT2D eigenvalue weighted by Gasteiger charge is 2.20. The van der Waals surface area contributed by atoms with Crippen molar-refractivity contribution in [1.82, 2.24) is 0 Å². The molecule has 0 saturated heterocycles. The average Bonchev–Trinajstić information content (AvgIpc) is 3.04. The zero-order chi connectivity index (χ0) is 31.2. The Kier molecular flexibility index (Phi) is 18.0. The fraction of sp³-hybridized carbons (Fsp3) is 0.667. The van der Waals surface area contributed by atoms with Crippen LogP contribution in [0.25, 0.3) is 0 Å². The zero-order valence-corrected chi connectivity index (χ0v) is 27.8. The van der Waals surface area contributed by atoms with Gasteiger partial charge in [-0.25, -0.2) is 9.18 Å². The summed E-state index contributed by atoms with van der Waals surface area (Å²) in [6.45, 7) is 5.70. The van der Waals surface area contributed by atoms with Gasteiger partial charge in [-0.2, -0.15) is 0 Å². The number of benzene rings is 2. The maximum atomic E-state index is 14.6. The van der Waals surface area contributed by atoms with Gasteiger partial charge in [0.25, 0.3) is 0 Å². The maximum absolute atomic E-state index is 14.6. The zero-order valence-electron chi connectivity index (χ0n) is 27.8. The van der Waals surface area contributed by atoms with Crippen molar-refractivity contribution in [2.75, 3.05) is 13.2 Å². The number of carbonyl (C=O) groups is 1. The van der Waals surface area contributed by atoms with E-state index < -0.39 is 11.8 Å². The Bertz CT molecular complexity index is 1030. The van der Waals surface area contributed by atoms with Gasteiger partial charge in [0, 0.05) is 0 Å². The van der Waals surface area contributed by atoms with E-state index in [-0.39, 0.29) is 11.3 Å². The van der Waals surface area contributed by atoms with Crippen LogP contribution in [0, 0.1) is 17.7 Å². The number of unbranched alkanes of at least 4 members (excludes halogenated alkanes) is 11. The quantitative estimate of drug-likeness (QED) is 0.0713. The molecule has 3 rings (SSSR count). The molecule has 0 unspecified atom stereocenters. The summed E-state index contributed by atoms with van der Waals surface area (Å²) in [5.41, 5.74) is 0.157. The second kappa shape index (κ2) is 22.0. The van der Waals surface area contributed by atoms with Crippen LogP contribution in [0.15, 0.2) is 42.5 Å². The number of ether oxygens (including phenoxy) is 3. The van der Waals surface area contributed by atoms with Crippen LogP contribution in [0.2, 0.25) is 0 Å². The first-order valence-corrected chi connectivity index (χ1v) is 18.0. The summed E-state index contributed by atoms with van der Waals surface area (Å²) in [6, 6.07) is 11.3. The van der Waals surface area contributed by atoms with Crippen molar-refractivity contribution in [2.24, 2.45) is 11.8 Å². The second-order valence-corrected chi connectivity index (χ2v) is 12.9. The molecule has 0 bridgehead atoms. The molecule has 1 saturated carbocycles. The predicted octanol–water partition coefficient (Wildman–Crippen LogP) is 11.9. The third-order valence-corrected chi connectivity index (χ3v) is 9.17. The summed E-state index contributed by atoms with van der Waals surface area (Å²) >= 11 is 0. The van der Waals surface area contributed by atoms with Crippen molar-refractivity contribution < 1.29 is 23.4 Å². The van der Waals surface area contributed by atoms with Crippen molar-refractivity contribution in [3.05, 3.63) is 53.8 Å². The van der Waals surface area contributed by atoms with Crippen LogP contribution in [0.5, 0.6) is 17.2 Å². The molecule has 2 aromatic carbocycles. The van der Waals surface area contributed by atoms with Crippen molar-refractivity contribution in [2.45, 2.75) is 142 Å². The van der Waals surface area contributed by atoms with E-state index in [2.05, 4.69) is 13.8 Å². The van der Waals surface area contributed by atoms with Gasteiger partial charge in [-0.3, -0.25) is 0 Å². The van der Waals surface area contributed by atoms with Crippen LogP contribution in [-0.2, 0) is 0 Å². The lowest BCUT2D eigenvalue weighted by atomic mass is 9.78. The van der Waals surface area contributed by atoms with Crippen molar-refractivity contribution in [1.29, 1.82) is 0 Å². The third-order valence-electron chi connectivity index (χ3n) is 9.17. The molecule has 246 valence electrons. The van der Waals surface area contributed by atoms with Gasteiger partial charge in [-0.05, 0) is 73.6 Å². The fourth-order valence-corrected chi connectivity index (χ4v) is 6.34. The normalized spacial score (nSPS) is 16.5. The number of carbonyl (C=O) groups excluding carboxylic acids is 1. The lowest BCUT2D eigenvalue weighted by Crippen LogP contribution is -2.15. The van der Waals surface area contributed by atoms with E-state index in [9.17, 15) is 9.18 Å². The van der Waals surface area contributed by atoms with Crippen LogP contribution in [0.4, 0.5) is 4.39 Å². The highest BCUT2D eigenvalue weighted by molar-refractivity contribution is 5.91. The molecule has 0 radical (unpaired) electrons. The minimum Gasteiger partial charge on any atom is -0.494 e. The first-order chi connectivity index (χ1) is 21.6. The van der Waals surface area contributed by atoms with Gasteiger partial charge in [0.2, 0.25) is 0 Å². The molecule has 44 heavy (non-hydrogen) atoms. The van der Waals surface area contributed by atoms with E-state index in [0.717, 1.165) is 36.8 Å². The fourth-order valence-electron chi connectivity index (χ4n) is 6.34. The van der Waals surface area contributed by atoms with Gasteiger partial charge in [0.05, 0.1) is 18.8 Å². The Morgan fingerprint density at radius 3 is 1.77 bits per heavy atom. The molecule has 0 amide bonds. The molecule has 4 nitrogen and oxygen atoms in total. The highest BCUT2D eigenvalue weighted by atomic mass is 19.1. The number of esters is 1. The van der Waals surface area contributed by atoms with Gasteiger partial charge in [-0.15, -0.1) is 0 Å². The Hall–Kier alpha value is -2.56. The van der Waals surface area contributed by atoms with Crippen LogP contribution in [-0.4, -0.2) is 19.2 Å². The first-order valence-electron chi connectivity index (χ1n) is 18.0. The van der Waals surface area contributed by atoms with Crippen molar-refractivity contribution >= 4 is 5.97 Å². The topological polar surface area (TPSA) is 44.8 Å². The van der Waals surface area contributed by atoms with Gasteiger partial charge in [0.15, 0.2) is 11.6 Å². The summed E-state index contributed by atoms with van der Waals surface area (Å²) in [5.74, 6) is 2.00. The van der Waals surface area contributed by atoms with Crippen molar-refractivity contribution in [3.63, 3.8) is 0 Å². The second-order valence-electron chi connectivity index (χ2n) is 12.9. The van der Waals surface area contributed by atoms with Crippen LogP contribution in [0.3, 0.4) is 0 Å². The third kappa shape index (κ3) is 14.5. The molecule has 0 heterocycles. The lowest BCUT2D eigenvalue weighted by molar-refractivity contribution is 0.0734. The van der Waals surface area contributed by atoms with Gasteiger partial charge in [0.1, 0.15) is 11.5 Å². The van der Waals surface area contributed by atoms with Crippen LogP contribution < -0.4 is 14.2 Å². The standard InChI is InChI=1S/C39H59FO4/c1-3-5-7-8-9-10-11-12-13-15-29-43-38-28-23-34(31-37(38)40)39(41)44-36-26-24-35(25-27-36)42-30-16-18-33-21-19-32(20-22-33)17-14-6-4-2/h23-28,31-33H,3-22,29-30H2,1-2H3/t32-,33-. The minimum absolute atomic E-state index is 0.157. The number of rotatable bonds is 23. The smallest absolute Gasteiger partial charge is 0.343 e. The number of hydrogen-bond acceptors (Lipinski definition) is 4. The summed E-state index contributed by atoms with van der Waals surface area (Å²) in [5, 5.41) is 0. The molecule has 0 aromatic heterocycles. The molecule has 0 atom stereocenters. The summed E-state index contributed by atoms with van der Waals surface area (Å²) < 4.78 is 31.6. The first kappa shape index (κ1) is 35.9. The largest absolute Gasteiger partial charge is 0.494 e. The molecule has 1 fully saturated rings. The van der Waals surface area contributed by atoms with E-state index in [0.29, 0.717) is 19.0 Å². The number of hydrogen-bond donors (Lipinski definition) is 0. The molecular weight excluding hydrogens is 551 g/mol. The van der Waals surface area contributed by atoms with E-state index in [1.165, 1.54) is 121 Å². The molecule has 0 aliphatic heterocycles. The Balaban J connectivity index is 1.26. The van der Waals surface area contributed by atoms with Gasteiger partial charge in [-0.1, -0.05) is 123 Å². The van der Waals surface area contributed by atoms with Gasteiger partial charge >= 0.3 is 5.97 Å². The van der Waals surface area contributed by atoms with E-state index >= 15 is 0 Å². The summed E-state index contributed by atoms with van der Waals surface area (Å²) in [4.78, 5) is 12.6. The highest BCUT2D eigenvalue weighted by Crippen LogP contribution is 2.34. The molecule has 0 N–H and O–H groups in total. The van der Waals surface area contributed by atoms with Crippen LogP contribution in [0.1, 0.15) is 153 Å². The van der Waals surface area contributed by atoms with E-state index in [1.807, 2.05) is 12.1 Å².